The Morgan fingerprint density at radius 1 is 1.53 bits per heavy atom. The van der Waals surface area contributed by atoms with E-state index in [2.05, 4.69) is 5.32 Å². The molecule has 1 aromatic rings. The van der Waals surface area contributed by atoms with Crippen LogP contribution in [0.4, 0.5) is 14.5 Å². The normalized spacial score (nSPS) is 20.4. The Kier molecular flexibility index (Phi) is 3.99. The molecular formula is C13H16F2N2O2. The van der Waals surface area contributed by atoms with Crippen molar-refractivity contribution in [3.63, 3.8) is 0 Å². The first kappa shape index (κ1) is 13.7. The Balaban J connectivity index is 2.00. The highest BCUT2D eigenvalue weighted by Crippen LogP contribution is 2.24. The molecule has 1 aliphatic rings. The molecular weight excluding hydrogens is 254 g/mol. The first-order valence-electron chi connectivity index (χ1n) is 6.16. The van der Waals surface area contributed by atoms with Gasteiger partial charge in [-0.3, -0.25) is 4.79 Å². The van der Waals surface area contributed by atoms with Gasteiger partial charge in [0, 0.05) is 25.2 Å². The summed E-state index contributed by atoms with van der Waals surface area (Å²) in [6.45, 7) is 2.41. The van der Waals surface area contributed by atoms with Gasteiger partial charge in [-0.1, -0.05) is 0 Å². The lowest BCUT2D eigenvalue weighted by Gasteiger charge is -2.20. The van der Waals surface area contributed by atoms with E-state index in [1.807, 2.05) is 0 Å². The summed E-state index contributed by atoms with van der Waals surface area (Å²) in [5.74, 6) is -1.66. The summed E-state index contributed by atoms with van der Waals surface area (Å²) in [4.78, 5) is 13.1. The molecule has 0 aromatic heterocycles. The third-order valence-electron chi connectivity index (χ3n) is 3.16. The van der Waals surface area contributed by atoms with E-state index in [4.69, 9.17) is 5.11 Å². The monoisotopic (exact) mass is 270 g/mol. The quantitative estimate of drug-likeness (QED) is 0.863. The lowest BCUT2D eigenvalue weighted by Crippen LogP contribution is -2.41. The Bertz CT molecular complexity index is 480. The SMILES string of the molecule is CC(O)C(=O)NC1CCN(c2ccc(F)cc2F)C1. The number of carbonyl (C=O) groups excluding carboxylic acids is 1. The molecule has 2 atom stereocenters. The molecule has 1 fully saturated rings. The lowest BCUT2D eigenvalue weighted by molar-refractivity contribution is -0.129. The van der Waals surface area contributed by atoms with E-state index in [0.717, 1.165) is 6.07 Å². The van der Waals surface area contributed by atoms with Gasteiger partial charge in [0.2, 0.25) is 5.91 Å². The number of aliphatic hydroxyl groups is 1. The smallest absolute Gasteiger partial charge is 0.248 e. The van der Waals surface area contributed by atoms with Crippen LogP contribution in [0.25, 0.3) is 0 Å². The van der Waals surface area contributed by atoms with Crippen LogP contribution in [-0.4, -0.2) is 36.2 Å². The topological polar surface area (TPSA) is 52.6 Å². The van der Waals surface area contributed by atoms with Crippen LogP contribution >= 0.6 is 0 Å². The first-order chi connectivity index (χ1) is 8.97. The third-order valence-corrected chi connectivity index (χ3v) is 3.16. The molecule has 2 unspecified atom stereocenters. The zero-order valence-corrected chi connectivity index (χ0v) is 10.6. The highest BCUT2D eigenvalue weighted by molar-refractivity contribution is 5.80. The van der Waals surface area contributed by atoms with E-state index in [9.17, 15) is 13.6 Å². The number of amides is 1. The van der Waals surface area contributed by atoms with Crippen molar-refractivity contribution >= 4 is 11.6 Å². The standard InChI is InChI=1S/C13H16F2N2O2/c1-8(18)13(19)16-10-4-5-17(7-10)12-3-2-9(14)6-11(12)15/h2-3,6,8,10,18H,4-5,7H2,1H3,(H,16,19). The fourth-order valence-electron chi connectivity index (χ4n) is 2.16. The van der Waals surface area contributed by atoms with Crippen LogP contribution in [0.3, 0.4) is 0 Å². The van der Waals surface area contributed by atoms with Crippen molar-refractivity contribution in [3.05, 3.63) is 29.8 Å². The summed E-state index contributed by atoms with van der Waals surface area (Å²) in [6.07, 6.45) is -0.397. The highest BCUT2D eigenvalue weighted by Gasteiger charge is 2.26. The predicted octanol–water partition coefficient (Wildman–Crippen LogP) is 1.04. The number of nitrogens with zero attached hydrogens (tertiary/aromatic N) is 1. The van der Waals surface area contributed by atoms with Gasteiger partial charge in [0.05, 0.1) is 5.69 Å². The second-order valence-corrected chi connectivity index (χ2v) is 4.71. The number of hydrogen-bond acceptors (Lipinski definition) is 3. The van der Waals surface area contributed by atoms with E-state index in [1.165, 1.54) is 19.1 Å². The van der Waals surface area contributed by atoms with Crippen LogP contribution in [0.1, 0.15) is 13.3 Å². The van der Waals surface area contributed by atoms with E-state index in [1.54, 1.807) is 4.90 Å². The van der Waals surface area contributed by atoms with Crippen LogP contribution in [0, 0.1) is 11.6 Å². The molecule has 6 heteroatoms. The molecule has 2 N–H and O–H groups in total. The summed E-state index contributed by atoms with van der Waals surface area (Å²) < 4.78 is 26.4. The Morgan fingerprint density at radius 3 is 2.89 bits per heavy atom. The Morgan fingerprint density at radius 2 is 2.26 bits per heavy atom. The number of nitrogens with one attached hydrogen (secondary N) is 1. The van der Waals surface area contributed by atoms with Crippen molar-refractivity contribution in [1.82, 2.24) is 5.32 Å². The second kappa shape index (κ2) is 5.52. The van der Waals surface area contributed by atoms with Crippen LogP contribution in [0.5, 0.6) is 0 Å². The molecule has 1 saturated heterocycles. The largest absolute Gasteiger partial charge is 0.384 e. The molecule has 0 spiro atoms. The molecule has 1 aliphatic heterocycles. The van der Waals surface area contributed by atoms with Crippen LogP contribution in [0.15, 0.2) is 18.2 Å². The van der Waals surface area contributed by atoms with Crippen molar-refractivity contribution in [2.24, 2.45) is 0 Å². The zero-order valence-electron chi connectivity index (χ0n) is 10.6. The number of carbonyl (C=O) groups is 1. The number of benzene rings is 1. The molecule has 0 bridgehead atoms. The van der Waals surface area contributed by atoms with Gasteiger partial charge in [0.1, 0.15) is 17.7 Å². The zero-order chi connectivity index (χ0) is 14.0. The number of rotatable bonds is 3. The van der Waals surface area contributed by atoms with E-state index in [0.29, 0.717) is 25.2 Å². The summed E-state index contributed by atoms with van der Waals surface area (Å²) in [5, 5.41) is 11.8. The Labute approximate surface area is 110 Å². The van der Waals surface area contributed by atoms with Gasteiger partial charge in [0.25, 0.3) is 0 Å². The van der Waals surface area contributed by atoms with E-state index >= 15 is 0 Å². The molecule has 1 amide bonds. The second-order valence-electron chi connectivity index (χ2n) is 4.71. The van der Waals surface area contributed by atoms with Gasteiger partial charge in [-0.15, -0.1) is 0 Å². The van der Waals surface area contributed by atoms with Crippen molar-refractivity contribution < 1.29 is 18.7 Å². The number of anilines is 1. The number of halogens is 2. The van der Waals surface area contributed by atoms with Gasteiger partial charge in [0.15, 0.2) is 0 Å². The van der Waals surface area contributed by atoms with Gasteiger partial charge in [-0.25, -0.2) is 8.78 Å². The van der Waals surface area contributed by atoms with Gasteiger partial charge >= 0.3 is 0 Å². The molecule has 1 heterocycles. The van der Waals surface area contributed by atoms with Gasteiger partial charge in [-0.05, 0) is 25.5 Å². The van der Waals surface area contributed by atoms with Crippen LogP contribution < -0.4 is 10.2 Å². The third kappa shape index (κ3) is 3.20. The molecule has 0 aliphatic carbocycles. The maximum absolute atomic E-state index is 13.6. The summed E-state index contributed by atoms with van der Waals surface area (Å²) in [6, 6.07) is 3.31. The average molecular weight is 270 g/mol. The molecule has 4 nitrogen and oxygen atoms in total. The van der Waals surface area contributed by atoms with E-state index < -0.39 is 23.6 Å². The van der Waals surface area contributed by atoms with Crippen molar-refractivity contribution in [2.45, 2.75) is 25.5 Å². The first-order valence-corrected chi connectivity index (χ1v) is 6.16. The highest BCUT2D eigenvalue weighted by atomic mass is 19.1. The molecule has 19 heavy (non-hydrogen) atoms. The van der Waals surface area contributed by atoms with Crippen molar-refractivity contribution in [3.8, 4) is 0 Å². The maximum Gasteiger partial charge on any atom is 0.248 e. The lowest BCUT2D eigenvalue weighted by atomic mass is 10.2. The van der Waals surface area contributed by atoms with Crippen molar-refractivity contribution in [2.75, 3.05) is 18.0 Å². The molecule has 1 aromatic carbocycles. The summed E-state index contributed by atoms with van der Waals surface area (Å²) in [7, 11) is 0. The summed E-state index contributed by atoms with van der Waals surface area (Å²) in [5.41, 5.74) is 0.329. The van der Waals surface area contributed by atoms with Gasteiger partial charge in [-0.2, -0.15) is 0 Å². The van der Waals surface area contributed by atoms with E-state index in [-0.39, 0.29) is 6.04 Å². The van der Waals surface area contributed by atoms with Crippen LogP contribution in [-0.2, 0) is 4.79 Å². The molecule has 104 valence electrons. The minimum absolute atomic E-state index is 0.133. The minimum Gasteiger partial charge on any atom is -0.384 e. The minimum atomic E-state index is -1.06. The van der Waals surface area contributed by atoms with Crippen molar-refractivity contribution in [1.29, 1.82) is 0 Å². The fourth-order valence-corrected chi connectivity index (χ4v) is 2.16. The van der Waals surface area contributed by atoms with Crippen LogP contribution in [0.2, 0.25) is 0 Å². The van der Waals surface area contributed by atoms with Gasteiger partial charge < -0.3 is 15.3 Å². The molecule has 0 saturated carbocycles. The molecule has 2 rings (SSSR count). The Hall–Kier alpha value is -1.69. The predicted molar refractivity (Wildman–Crippen MR) is 66.8 cm³/mol. The fraction of sp³-hybridized carbons (Fsp3) is 0.462. The molecule has 0 radical (unpaired) electrons. The summed E-state index contributed by atoms with van der Waals surface area (Å²) >= 11 is 0. The number of hydrogen-bond donors (Lipinski definition) is 2. The maximum atomic E-state index is 13.6. The average Bonchev–Trinajstić information content (AvgIpc) is 2.77. The number of aliphatic hydroxyl groups excluding tert-OH is 1.